The number of ether oxygens (including phenoxy) is 1. The third kappa shape index (κ3) is 2.33. The van der Waals surface area contributed by atoms with Gasteiger partial charge in [0, 0.05) is 19.0 Å². The van der Waals surface area contributed by atoms with Crippen molar-refractivity contribution in [2.24, 2.45) is 12.8 Å². The van der Waals surface area contributed by atoms with Gasteiger partial charge in [0.25, 0.3) is 0 Å². The molecule has 0 aliphatic rings. The second-order valence-electron chi connectivity index (χ2n) is 3.86. The first-order valence-corrected chi connectivity index (χ1v) is 5.59. The monoisotopic (exact) mass is 250 g/mol. The normalized spacial score (nSPS) is 10.7. The van der Waals surface area contributed by atoms with E-state index >= 15 is 0 Å². The number of nitrogens with two attached hydrogens (primary N) is 1. The molecule has 0 fully saturated rings. The first kappa shape index (κ1) is 12.5. The van der Waals surface area contributed by atoms with Crippen molar-refractivity contribution in [3.8, 4) is 17.1 Å². The molecule has 1 heterocycles. The second kappa shape index (κ2) is 5.14. The zero-order chi connectivity index (χ0) is 13.1. The quantitative estimate of drug-likeness (QED) is 0.883. The molecule has 0 aliphatic heterocycles. The van der Waals surface area contributed by atoms with Gasteiger partial charge in [0.05, 0.1) is 7.11 Å². The first-order valence-electron chi connectivity index (χ1n) is 5.59. The van der Waals surface area contributed by atoms with E-state index in [9.17, 15) is 4.39 Å². The van der Waals surface area contributed by atoms with E-state index in [4.69, 9.17) is 10.5 Å². The molecule has 18 heavy (non-hydrogen) atoms. The lowest BCUT2D eigenvalue weighted by Gasteiger charge is -2.04. The van der Waals surface area contributed by atoms with Crippen molar-refractivity contribution in [1.29, 1.82) is 0 Å². The second-order valence-corrected chi connectivity index (χ2v) is 3.86. The van der Waals surface area contributed by atoms with Crippen LogP contribution in [0.4, 0.5) is 4.39 Å². The zero-order valence-electron chi connectivity index (χ0n) is 10.4. The maximum absolute atomic E-state index is 13.6. The fourth-order valence-corrected chi connectivity index (χ4v) is 1.73. The summed E-state index contributed by atoms with van der Waals surface area (Å²) in [7, 11) is 3.20. The van der Waals surface area contributed by atoms with Crippen LogP contribution in [0.3, 0.4) is 0 Å². The van der Waals surface area contributed by atoms with Crippen LogP contribution in [0.2, 0.25) is 0 Å². The molecule has 0 aliphatic carbocycles. The summed E-state index contributed by atoms with van der Waals surface area (Å²) in [6.07, 6.45) is 0.604. The Kier molecular flexibility index (Phi) is 3.57. The Labute approximate surface area is 104 Å². The van der Waals surface area contributed by atoms with Crippen LogP contribution in [0.15, 0.2) is 18.2 Å². The molecule has 0 unspecified atom stereocenters. The van der Waals surface area contributed by atoms with E-state index in [1.54, 1.807) is 23.9 Å². The van der Waals surface area contributed by atoms with E-state index in [0.717, 1.165) is 0 Å². The van der Waals surface area contributed by atoms with Crippen molar-refractivity contribution in [3.05, 3.63) is 29.8 Å². The summed E-state index contributed by atoms with van der Waals surface area (Å²) >= 11 is 0. The van der Waals surface area contributed by atoms with E-state index in [2.05, 4.69) is 10.1 Å². The number of halogens is 1. The minimum absolute atomic E-state index is 0.211. The Morgan fingerprint density at radius 1 is 1.44 bits per heavy atom. The summed E-state index contributed by atoms with van der Waals surface area (Å²) in [6, 6.07) is 4.70. The van der Waals surface area contributed by atoms with Crippen molar-refractivity contribution in [2.45, 2.75) is 6.42 Å². The molecule has 2 N–H and O–H groups in total. The highest BCUT2D eigenvalue weighted by Crippen LogP contribution is 2.24. The molecule has 0 atom stereocenters. The molecule has 2 aromatic rings. The molecule has 0 bridgehead atoms. The third-order valence-corrected chi connectivity index (χ3v) is 2.58. The van der Waals surface area contributed by atoms with E-state index < -0.39 is 5.82 Å². The molecule has 1 aromatic heterocycles. The Morgan fingerprint density at radius 2 is 2.22 bits per heavy atom. The van der Waals surface area contributed by atoms with E-state index in [-0.39, 0.29) is 5.75 Å². The predicted octanol–water partition coefficient (Wildman–Crippen LogP) is 1.13. The van der Waals surface area contributed by atoms with Crippen LogP contribution in [0.1, 0.15) is 5.82 Å². The van der Waals surface area contributed by atoms with E-state index in [0.29, 0.717) is 30.2 Å². The number of nitrogens with zero attached hydrogens (tertiary/aromatic N) is 3. The lowest BCUT2D eigenvalue weighted by molar-refractivity contribution is 0.386. The summed E-state index contributed by atoms with van der Waals surface area (Å²) in [5.74, 6) is 1.06. The van der Waals surface area contributed by atoms with Crippen LogP contribution in [-0.4, -0.2) is 28.4 Å². The fraction of sp³-hybridized carbons (Fsp3) is 0.333. The Hall–Kier alpha value is -1.95. The number of hydrogen-bond acceptors (Lipinski definition) is 4. The van der Waals surface area contributed by atoms with Gasteiger partial charge >= 0.3 is 0 Å². The maximum atomic E-state index is 13.6. The molecule has 0 saturated carbocycles. The molecule has 2 rings (SSSR count). The van der Waals surface area contributed by atoms with Gasteiger partial charge in [0.1, 0.15) is 0 Å². The number of aromatic nitrogens is 3. The van der Waals surface area contributed by atoms with Gasteiger partial charge in [-0.2, -0.15) is 5.10 Å². The van der Waals surface area contributed by atoms with Gasteiger partial charge < -0.3 is 10.5 Å². The molecule has 6 heteroatoms. The van der Waals surface area contributed by atoms with Crippen LogP contribution >= 0.6 is 0 Å². The van der Waals surface area contributed by atoms with Gasteiger partial charge in [-0.15, -0.1) is 0 Å². The maximum Gasteiger partial charge on any atom is 0.165 e. The smallest absolute Gasteiger partial charge is 0.165 e. The summed E-state index contributed by atoms with van der Waals surface area (Å²) in [5.41, 5.74) is 6.11. The van der Waals surface area contributed by atoms with Gasteiger partial charge in [-0.25, -0.2) is 14.1 Å². The average Bonchev–Trinajstić information content (AvgIpc) is 2.71. The van der Waals surface area contributed by atoms with Crippen LogP contribution in [-0.2, 0) is 13.5 Å². The number of hydrogen-bond donors (Lipinski definition) is 1. The Balaban J connectivity index is 2.39. The van der Waals surface area contributed by atoms with Gasteiger partial charge in [0.2, 0.25) is 0 Å². The number of benzene rings is 1. The highest BCUT2D eigenvalue weighted by Gasteiger charge is 2.11. The van der Waals surface area contributed by atoms with Crippen molar-refractivity contribution < 1.29 is 9.13 Å². The standard InChI is InChI=1S/C12H15FN4O/c1-17-12(15-11(16-17)5-6-14)8-3-4-10(18-2)9(13)7-8/h3-4,7H,5-6,14H2,1-2H3. The van der Waals surface area contributed by atoms with Crippen LogP contribution in [0.5, 0.6) is 5.75 Å². The molecule has 0 amide bonds. The first-order chi connectivity index (χ1) is 8.65. The number of rotatable bonds is 4. The Bertz CT molecular complexity index is 553. The average molecular weight is 250 g/mol. The zero-order valence-corrected chi connectivity index (χ0v) is 10.4. The van der Waals surface area contributed by atoms with E-state index in [1.807, 2.05) is 0 Å². The summed E-state index contributed by atoms with van der Waals surface area (Å²) < 4.78 is 20.1. The van der Waals surface area contributed by atoms with Gasteiger partial charge in [-0.1, -0.05) is 0 Å². The topological polar surface area (TPSA) is 66.0 Å². The minimum atomic E-state index is -0.418. The molecule has 1 aromatic carbocycles. The highest BCUT2D eigenvalue weighted by molar-refractivity contribution is 5.57. The van der Waals surface area contributed by atoms with Gasteiger partial charge in [-0.05, 0) is 24.7 Å². The predicted molar refractivity (Wildman–Crippen MR) is 65.7 cm³/mol. The van der Waals surface area contributed by atoms with Crippen molar-refractivity contribution >= 4 is 0 Å². The summed E-state index contributed by atoms with van der Waals surface area (Å²) in [5, 5.41) is 4.22. The van der Waals surface area contributed by atoms with Gasteiger partial charge in [0.15, 0.2) is 23.2 Å². The minimum Gasteiger partial charge on any atom is -0.494 e. The van der Waals surface area contributed by atoms with Crippen molar-refractivity contribution in [3.63, 3.8) is 0 Å². The van der Waals surface area contributed by atoms with Crippen LogP contribution in [0.25, 0.3) is 11.4 Å². The largest absolute Gasteiger partial charge is 0.494 e. The molecule has 96 valence electrons. The number of methoxy groups -OCH3 is 1. The van der Waals surface area contributed by atoms with Gasteiger partial charge in [-0.3, -0.25) is 0 Å². The van der Waals surface area contributed by atoms with E-state index in [1.165, 1.54) is 13.2 Å². The lowest BCUT2D eigenvalue weighted by Crippen LogP contribution is -2.04. The fourth-order valence-electron chi connectivity index (χ4n) is 1.73. The molecular weight excluding hydrogens is 235 g/mol. The molecule has 0 spiro atoms. The molecule has 0 saturated heterocycles. The molecule has 0 radical (unpaired) electrons. The molecule has 5 nitrogen and oxygen atoms in total. The van der Waals surface area contributed by atoms with Crippen molar-refractivity contribution in [2.75, 3.05) is 13.7 Å². The summed E-state index contributed by atoms with van der Waals surface area (Å²) in [6.45, 7) is 0.487. The van der Waals surface area contributed by atoms with Crippen LogP contribution < -0.4 is 10.5 Å². The van der Waals surface area contributed by atoms with Crippen molar-refractivity contribution in [1.82, 2.24) is 14.8 Å². The summed E-state index contributed by atoms with van der Waals surface area (Å²) in [4.78, 5) is 4.33. The van der Waals surface area contributed by atoms with Crippen LogP contribution in [0, 0.1) is 5.82 Å². The third-order valence-electron chi connectivity index (χ3n) is 2.58. The number of aryl methyl sites for hydroxylation is 1. The molecular formula is C12H15FN4O. The SMILES string of the molecule is COc1ccc(-c2nc(CCN)nn2C)cc1F. The Morgan fingerprint density at radius 3 is 2.83 bits per heavy atom. The highest BCUT2D eigenvalue weighted by atomic mass is 19.1. The lowest BCUT2D eigenvalue weighted by atomic mass is 10.2.